The molecule has 1 aliphatic heterocycles. The van der Waals surface area contributed by atoms with Gasteiger partial charge in [-0.15, -0.1) is 0 Å². The van der Waals surface area contributed by atoms with Crippen LogP contribution < -0.4 is 0 Å². The third-order valence-electron chi connectivity index (χ3n) is 4.68. The molecule has 0 amide bonds. The molecule has 1 N–H and O–H groups in total. The predicted molar refractivity (Wildman–Crippen MR) is 69.2 cm³/mol. The number of piperidine rings is 1. The monoisotopic (exact) mass is 239 g/mol. The highest BCUT2D eigenvalue weighted by molar-refractivity contribution is 6.46. The Labute approximate surface area is 106 Å². The third kappa shape index (κ3) is 1.03. The van der Waals surface area contributed by atoms with Crippen molar-refractivity contribution in [1.29, 1.82) is 0 Å². The highest BCUT2D eigenvalue weighted by Crippen LogP contribution is 2.66. The predicted octanol–water partition coefficient (Wildman–Crippen LogP) is 1.45. The third-order valence-corrected chi connectivity index (χ3v) is 4.68. The summed E-state index contributed by atoms with van der Waals surface area (Å²) in [4.78, 5) is 14.1. The summed E-state index contributed by atoms with van der Waals surface area (Å²) in [5.74, 6) is 0.636. The van der Waals surface area contributed by atoms with Gasteiger partial charge >= 0.3 is 7.05 Å². The van der Waals surface area contributed by atoms with Crippen LogP contribution in [0, 0.1) is 5.92 Å². The molecule has 4 rings (SSSR count). The van der Waals surface area contributed by atoms with Gasteiger partial charge in [0.1, 0.15) is 0 Å². The van der Waals surface area contributed by atoms with Gasteiger partial charge in [-0.2, -0.15) is 0 Å². The Bertz CT molecular complexity index is 595. The molecule has 90 valence electrons. The van der Waals surface area contributed by atoms with Crippen LogP contribution in [0.5, 0.6) is 0 Å². The molecule has 1 spiro atoms. The Morgan fingerprint density at radius 3 is 3.00 bits per heavy atom. The van der Waals surface area contributed by atoms with Crippen LogP contribution in [0.1, 0.15) is 22.3 Å². The lowest BCUT2D eigenvalue weighted by molar-refractivity contribution is 0.104. The first kappa shape index (κ1) is 10.4. The van der Waals surface area contributed by atoms with Crippen molar-refractivity contribution in [2.75, 3.05) is 6.54 Å². The van der Waals surface area contributed by atoms with E-state index in [9.17, 15) is 9.82 Å². The van der Waals surface area contributed by atoms with Gasteiger partial charge in [-0.25, -0.2) is 0 Å². The average Bonchev–Trinajstić information content (AvgIpc) is 2.99. The maximum Gasteiger partial charge on any atom is 0.409 e. The summed E-state index contributed by atoms with van der Waals surface area (Å²) in [6, 6.07) is 7.92. The van der Waals surface area contributed by atoms with E-state index in [1.54, 1.807) is 12.9 Å². The maximum absolute atomic E-state index is 12.2. The maximum atomic E-state index is 12.2. The smallest absolute Gasteiger partial charge is 0.409 e. The van der Waals surface area contributed by atoms with Crippen molar-refractivity contribution in [2.45, 2.75) is 18.7 Å². The number of fused-ring (bicyclic) bond motifs is 1. The molecular formula is C14H14BNO2. The molecule has 1 saturated carbocycles. The largest absolute Gasteiger partial charge is 0.432 e. The second kappa shape index (κ2) is 3.07. The van der Waals surface area contributed by atoms with Gasteiger partial charge in [-0.05, 0) is 24.7 Å². The SMILES string of the molecule is CB(O)N1C[C@H]2CC23C1=CC(=O)c1ccccc13. The quantitative estimate of drug-likeness (QED) is 0.754. The van der Waals surface area contributed by atoms with E-state index in [2.05, 4.69) is 6.07 Å². The van der Waals surface area contributed by atoms with Gasteiger partial charge < -0.3 is 9.83 Å². The normalized spacial score (nSPS) is 31.4. The van der Waals surface area contributed by atoms with Gasteiger partial charge in [0.05, 0.1) is 0 Å². The van der Waals surface area contributed by atoms with Gasteiger partial charge in [0.15, 0.2) is 5.78 Å². The van der Waals surface area contributed by atoms with Crippen LogP contribution in [-0.2, 0) is 5.41 Å². The number of carbonyl (C=O) groups is 1. The summed E-state index contributed by atoms with van der Waals surface area (Å²) in [7, 11) is -0.515. The Hall–Kier alpha value is -1.55. The average molecular weight is 239 g/mol. The molecule has 1 aromatic rings. The number of hydrogen-bond acceptors (Lipinski definition) is 3. The number of carbonyl (C=O) groups excluding carboxylic acids is 1. The van der Waals surface area contributed by atoms with Crippen LogP contribution in [0.3, 0.4) is 0 Å². The summed E-state index contributed by atoms with van der Waals surface area (Å²) in [6.07, 6.45) is 2.86. The van der Waals surface area contributed by atoms with E-state index in [-0.39, 0.29) is 11.2 Å². The standard InChI is InChI=1S/C14H14BNO2/c1-15(18)16-8-9-7-14(9)11-5-3-2-4-10(11)12(17)6-13(14)16/h2-6,9,18H,7-8H2,1H3/t9-,14?/m1/s1. The van der Waals surface area contributed by atoms with E-state index in [1.165, 1.54) is 5.56 Å². The molecule has 2 aliphatic carbocycles. The minimum absolute atomic E-state index is 0.0293. The highest BCUT2D eigenvalue weighted by atomic mass is 16.2. The van der Waals surface area contributed by atoms with Crippen molar-refractivity contribution < 1.29 is 9.82 Å². The van der Waals surface area contributed by atoms with Crippen LogP contribution in [0.25, 0.3) is 0 Å². The molecule has 0 aromatic heterocycles. The van der Waals surface area contributed by atoms with Crippen LogP contribution in [-0.4, -0.2) is 29.2 Å². The van der Waals surface area contributed by atoms with Gasteiger partial charge in [0.2, 0.25) is 0 Å². The first-order valence-electron chi connectivity index (χ1n) is 6.45. The van der Waals surface area contributed by atoms with Crippen LogP contribution in [0.15, 0.2) is 36.0 Å². The first-order chi connectivity index (χ1) is 8.64. The van der Waals surface area contributed by atoms with Crippen LogP contribution >= 0.6 is 0 Å². The van der Waals surface area contributed by atoms with E-state index in [4.69, 9.17) is 0 Å². The van der Waals surface area contributed by atoms with E-state index in [1.807, 2.05) is 23.0 Å². The molecule has 1 unspecified atom stereocenters. The lowest BCUT2D eigenvalue weighted by Crippen LogP contribution is -2.38. The molecule has 0 radical (unpaired) electrons. The number of hydrogen-bond donors (Lipinski definition) is 1. The zero-order valence-corrected chi connectivity index (χ0v) is 10.3. The van der Waals surface area contributed by atoms with Crippen molar-refractivity contribution in [3.63, 3.8) is 0 Å². The minimum atomic E-state index is -0.515. The lowest BCUT2D eigenvalue weighted by atomic mass is 9.78. The van der Waals surface area contributed by atoms with E-state index < -0.39 is 7.05 Å². The minimum Gasteiger partial charge on any atom is -0.432 e. The molecule has 2 fully saturated rings. The molecule has 1 heterocycles. The summed E-state index contributed by atoms with van der Waals surface area (Å²) < 4.78 is 0. The second-order valence-corrected chi connectivity index (χ2v) is 5.60. The number of rotatable bonds is 1. The van der Waals surface area contributed by atoms with Crippen molar-refractivity contribution in [2.24, 2.45) is 5.92 Å². The zero-order chi connectivity index (χ0) is 12.5. The molecule has 18 heavy (non-hydrogen) atoms. The fourth-order valence-corrected chi connectivity index (χ4v) is 3.78. The fraction of sp³-hybridized carbons (Fsp3) is 0.357. The lowest BCUT2D eigenvalue weighted by Gasteiger charge is -2.31. The molecular weight excluding hydrogens is 225 g/mol. The van der Waals surface area contributed by atoms with E-state index in [0.29, 0.717) is 5.92 Å². The van der Waals surface area contributed by atoms with E-state index >= 15 is 0 Å². The van der Waals surface area contributed by atoms with Gasteiger partial charge in [-0.3, -0.25) is 4.79 Å². The van der Waals surface area contributed by atoms with Crippen molar-refractivity contribution in [1.82, 2.24) is 4.81 Å². The number of benzene rings is 1. The summed E-state index contributed by atoms with van der Waals surface area (Å²) >= 11 is 0. The van der Waals surface area contributed by atoms with E-state index in [0.717, 1.165) is 24.2 Å². The summed E-state index contributed by atoms with van der Waals surface area (Å²) in [5.41, 5.74) is 3.07. The Kier molecular flexibility index (Phi) is 1.77. The molecule has 3 aliphatic rings. The Morgan fingerprint density at radius 1 is 1.44 bits per heavy atom. The Morgan fingerprint density at radius 2 is 2.22 bits per heavy atom. The molecule has 1 saturated heterocycles. The summed E-state index contributed by atoms with van der Waals surface area (Å²) in [6.45, 7) is 2.63. The molecule has 4 heteroatoms. The van der Waals surface area contributed by atoms with Crippen molar-refractivity contribution >= 4 is 12.8 Å². The molecule has 1 aromatic carbocycles. The first-order valence-corrected chi connectivity index (χ1v) is 6.45. The van der Waals surface area contributed by atoms with Crippen molar-refractivity contribution in [3.8, 4) is 0 Å². The number of allylic oxidation sites excluding steroid dienone is 2. The second-order valence-electron chi connectivity index (χ2n) is 5.60. The molecule has 3 nitrogen and oxygen atoms in total. The van der Waals surface area contributed by atoms with Gasteiger partial charge in [0, 0.05) is 29.3 Å². The topological polar surface area (TPSA) is 40.5 Å². The highest BCUT2D eigenvalue weighted by Gasteiger charge is 2.66. The van der Waals surface area contributed by atoms with Gasteiger partial charge in [0.25, 0.3) is 0 Å². The van der Waals surface area contributed by atoms with Gasteiger partial charge in [-0.1, -0.05) is 24.3 Å². The molecule has 2 atom stereocenters. The van der Waals surface area contributed by atoms with Crippen LogP contribution in [0.4, 0.5) is 0 Å². The zero-order valence-electron chi connectivity index (χ0n) is 10.3. The number of nitrogens with zero attached hydrogens (tertiary/aromatic N) is 1. The van der Waals surface area contributed by atoms with Crippen molar-refractivity contribution in [3.05, 3.63) is 47.2 Å². The number of ketones is 1. The van der Waals surface area contributed by atoms with Crippen LogP contribution in [0.2, 0.25) is 6.82 Å². The molecule has 0 bridgehead atoms. The summed E-state index contributed by atoms with van der Waals surface area (Å²) in [5, 5.41) is 9.83. The Balaban J connectivity index is 1.92. The fourth-order valence-electron chi connectivity index (χ4n) is 3.78.